The predicted molar refractivity (Wildman–Crippen MR) is 82.5 cm³/mol. The Labute approximate surface area is 134 Å². The van der Waals surface area contributed by atoms with Crippen molar-refractivity contribution < 1.29 is 9.32 Å². The van der Waals surface area contributed by atoms with Crippen molar-refractivity contribution in [3.8, 4) is 11.5 Å². The molecule has 0 saturated heterocycles. The molecule has 1 aliphatic rings. The zero-order chi connectivity index (χ0) is 14.9. The molecule has 2 heterocycles. The van der Waals surface area contributed by atoms with Crippen LogP contribution in [0.2, 0.25) is 0 Å². The fourth-order valence-corrected chi connectivity index (χ4v) is 2.56. The lowest BCUT2D eigenvalue weighted by atomic mass is 9.99. The van der Waals surface area contributed by atoms with Crippen LogP contribution in [0.1, 0.15) is 42.0 Å². The average molecular weight is 324 g/mol. The van der Waals surface area contributed by atoms with E-state index in [-0.39, 0.29) is 18.3 Å². The van der Waals surface area contributed by atoms with Gasteiger partial charge in [-0.25, -0.2) is 0 Å². The van der Waals surface area contributed by atoms with Crippen LogP contribution in [-0.4, -0.2) is 28.1 Å². The van der Waals surface area contributed by atoms with Gasteiger partial charge in [-0.15, -0.1) is 12.4 Å². The third-order valence-corrected chi connectivity index (χ3v) is 3.84. The molecule has 0 atom stereocenters. The van der Waals surface area contributed by atoms with Crippen molar-refractivity contribution in [2.45, 2.75) is 31.2 Å². The highest BCUT2D eigenvalue weighted by atomic mass is 35.5. The first-order chi connectivity index (χ1) is 10.1. The molecule has 1 aliphatic carbocycles. The van der Waals surface area contributed by atoms with Crippen LogP contribution in [0.15, 0.2) is 22.9 Å². The minimum absolute atomic E-state index is 0. The summed E-state index contributed by atoms with van der Waals surface area (Å²) in [4.78, 5) is 19.9. The molecule has 118 valence electrons. The summed E-state index contributed by atoms with van der Waals surface area (Å²) < 4.78 is 5.27. The number of nitrogens with zero attached hydrogens (tertiary/aromatic N) is 3. The highest BCUT2D eigenvalue weighted by Crippen LogP contribution is 2.35. The van der Waals surface area contributed by atoms with Gasteiger partial charge in [0.1, 0.15) is 5.69 Å². The Kier molecular flexibility index (Phi) is 4.77. The zero-order valence-electron chi connectivity index (χ0n) is 12.2. The summed E-state index contributed by atoms with van der Waals surface area (Å²) in [6.45, 7) is 0. The number of carbonyl (C=O) groups excluding carboxylic acids is 1. The summed E-state index contributed by atoms with van der Waals surface area (Å²) in [7, 11) is 1.56. The number of hydrogen-bond acceptors (Lipinski definition) is 6. The first-order valence-corrected chi connectivity index (χ1v) is 6.94. The molecule has 22 heavy (non-hydrogen) atoms. The van der Waals surface area contributed by atoms with E-state index in [0.29, 0.717) is 23.0 Å². The number of nitrogens with two attached hydrogens (primary N) is 1. The Morgan fingerprint density at radius 2 is 2.09 bits per heavy atom. The molecule has 2 aromatic rings. The van der Waals surface area contributed by atoms with Gasteiger partial charge in [0.25, 0.3) is 11.8 Å². The van der Waals surface area contributed by atoms with Gasteiger partial charge in [-0.1, -0.05) is 18.0 Å². The van der Waals surface area contributed by atoms with Crippen LogP contribution in [0, 0.1) is 0 Å². The summed E-state index contributed by atoms with van der Waals surface area (Å²) in [6.07, 6.45) is 5.46. The van der Waals surface area contributed by atoms with Gasteiger partial charge in [-0.3, -0.25) is 9.78 Å². The Morgan fingerprint density at radius 1 is 1.36 bits per heavy atom. The zero-order valence-corrected chi connectivity index (χ0v) is 13.0. The van der Waals surface area contributed by atoms with Gasteiger partial charge in [0.2, 0.25) is 0 Å². The number of pyridine rings is 1. The molecule has 3 N–H and O–H groups in total. The Balaban J connectivity index is 0.00000176. The molecule has 0 unspecified atom stereocenters. The van der Waals surface area contributed by atoms with Crippen LogP contribution in [0.25, 0.3) is 11.5 Å². The van der Waals surface area contributed by atoms with Gasteiger partial charge in [-0.05, 0) is 25.0 Å². The average Bonchev–Trinajstić information content (AvgIpc) is 3.16. The molecule has 0 spiro atoms. The van der Waals surface area contributed by atoms with Gasteiger partial charge >= 0.3 is 0 Å². The number of rotatable bonds is 3. The summed E-state index contributed by atoms with van der Waals surface area (Å²) in [5.74, 6) is 0.683. The van der Waals surface area contributed by atoms with Crippen molar-refractivity contribution in [3.05, 3.63) is 29.8 Å². The minimum atomic E-state index is -0.475. The van der Waals surface area contributed by atoms with E-state index >= 15 is 0 Å². The van der Waals surface area contributed by atoms with Crippen LogP contribution in [0.3, 0.4) is 0 Å². The van der Waals surface area contributed by atoms with Crippen molar-refractivity contribution in [3.63, 3.8) is 0 Å². The molecule has 0 aliphatic heterocycles. The summed E-state index contributed by atoms with van der Waals surface area (Å²) >= 11 is 0. The standard InChI is InChI=1S/C14H17N5O2.ClH/c1-16-11(20)10-5-4-9(8-17-10)12-18-13(19-21-12)14(15)6-2-3-7-14;/h4-5,8H,2-3,6-7,15H2,1H3,(H,16,20);1H. The smallest absolute Gasteiger partial charge is 0.269 e. The molecule has 1 amide bonds. The number of carbonyl (C=O) groups is 1. The van der Waals surface area contributed by atoms with Gasteiger partial charge in [-0.2, -0.15) is 4.98 Å². The molecule has 0 aromatic carbocycles. The van der Waals surface area contributed by atoms with Crippen LogP contribution in [0.4, 0.5) is 0 Å². The quantitative estimate of drug-likeness (QED) is 0.889. The van der Waals surface area contributed by atoms with Crippen molar-refractivity contribution in [1.29, 1.82) is 0 Å². The maximum Gasteiger partial charge on any atom is 0.269 e. The molecule has 1 fully saturated rings. The van der Waals surface area contributed by atoms with E-state index in [1.54, 1.807) is 25.4 Å². The van der Waals surface area contributed by atoms with Gasteiger partial charge < -0.3 is 15.6 Å². The van der Waals surface area contributed by atoms with E-state index < -0.39 is 5.54 Å². The fraction of sp³-hybridized carbons (Fsp3) is 0.429. The van der Waals surface area contributed by atoms with E-state index in [9.17, 15) is 4.79 Å². The van der Waals surface area contributed by atoms with Crippen LogP contribution < -0.4 is 11.1 Å². The second kappa shape index (κ2) is 6.41. The van der Waals surface area contributed by atoms with E-state index in [1.807, 2.05) is 0 Å². The lowest BCUT2D eigenvalue weighted by Gasteiger charge is -2.17. The summed E-state index contributed by atoms with van der Waals surface area (Å²) in [5, 5.41) is 6.52. The number of nitrogens with one attached hydrogen (secondary N) is 1. The molecule has 0 bridgehead atoms. The summed E-state index contributed by atoms with van der Waals surface area (Å²) in [5.41, 5.74) is 6.83. The fourth-order valence-electron chi connectivity index (χ4n) is 2.56. The summed E-state index contributed by atoms with van der Waals surface area (Å²) in [6, 6.07) is 3.35. The second-order valence-electron chi connectivity index (χ2n) is 5.30. The monoisotopic (exact) mass is 323 g/mol. The maximum absolute atomic E-state index is 11.4. The maximum atomic E-state index is 11.4. The van der Waals surface area contributed by atoms with Gasteiger partial charge in [0.15, 0.2) is 5.82 Å². The first kappa shape index (κ1) is 16.4. The first-order valence-electron chi connectivity index (χ1n) is 6.94. The van der Waals surface area contributed by atoms with E-state index in [1.165, 1.54) is 0 Å². The normalized spacial score (nSPS) is 16.1. The molecular formula is C14H18ClN5O2. The van der Waals surface area contributed by atoms with E-state index in [0.717, 1.165) is 25.7 Å². The third-order valence-electron chi connectivity index (χ3n) is 3.84. The molecule has 1 saturated carbocycles. The van der Waals surface area contributed by atoms with E-state index in [4.69, 9.17) is 10.3 Å². The highest BCUT2D eigenvalue weighted by Gasteiger charge is 2.36. The van der Waals surface area contributed by atoms with Crippen molar-refractivity contribution in [2.75, 3.05) is 7.05 Å². The Morgan fingerprint density at radius 3 is 2.68 bits per heavy atom. The topological polar surface area (TPSA) is 107 Å². The lowest BCUT2D eigenvalue weighted by molar-refractivity contribution is 0.0958. The van der Waals surface area contributed by atoms with Crippen molar-refractivity contribution >= 4 is 18.3 Å². The van der Waals surface area contributed by atoms with Crippen LogP contribution in [0.5, 0.6) is 0 Å². The van der Waals surface area contributed by atoms with Crippen LogP contribution >= 0.6 is 12.4 Å². The third kappa shape index (κ3) is 2.95. The number of amides is 1. The van der Waals surface area contributed by atoms with Gasteiger partial charge in [0.05, 0.1) is 11.1 Å². The molecule has 2 aromatic heterocycles. The molecule has 8 heteroatoms. The molecule has 3 rings (SSSR count). The molecule has 0 radical (unpaired) electrons. The van der Waals surface area contributed by atoms with Crippen LogP contribution in [-0.2, 0) is 5.54 Å². The number of hydrogen-bond donors (Lipinski definition) is 2. The number of aromatic nitrogens is 3. The second-order valence-corrected chi connectivity index (χ2v) is 5.30. The largest absolute Gasteiger partial charge is 0.354 e. The van der Waals surface area contributed by atoms with Gasteiger partial charge in [0, 0.05) is 13.2 Å². The van der Waals surface area contributed by atoms with Crippen molar-refractivity contribution in [1.82, 2.24) is 20.4 Å². The van der Waals surface area contributed by atoms with Crippen molar-refractivity contribution in [2.24, 2.45) is 5.73 Å². The van der Waals surface area contributed by atoms with E-state index in [2.05, 4.69) is 20.4 Å². The Hall–Kier alpha value is -1.99. The number of halogens is 1. The lowest BCUT2D eigenvalue weighted by Crippen LogP contribution is -2.34. The minimum Gasteiger partial charge on any atom is -0.354 e. The highest BCUT2D eigenvalue weighted by molar-refractivity contribution is 5.92. The SMILES string of the molecule is CNC(=O)c1ccc(-c2nc(C3(N)CCCC3)no2)cn1.Cl. The predicted octanol–water partition coefficient (Wildman–Crippen LogP) is 1.64. The molecular weight excluding hydrogens is 306 g/mol. The molecule has 7 nitrogen and oxygen atoms in total. The Bertz CT molecular complexity index is 650.